The summed E-state index contributed by atoms with van der Waals surface area (Å²) >= 11 is 0. The molecule has 0 saturated heterocycles. The third kappa shape index (κ3) is 6.77. The minimum atomic E-state index is -3.45. The van der Waals surface area contributed by atoms with Crippen LogP contribution in [0.1, 0.15) is 31.0 Å². The smallest absolute Gasteiger partial charge is 0.323 e. The Kier molecular flexibility index (Phi) is 7.71. The standard InChI is InChI=1S/C28H31N7O4S/c1-18(2)35-17-25(27(33-35)20-4-5-21-16-29-12-10-19(21)14-20)32-28(36)31-22-6-8-23(9-7-22)39-24-11-13-30-26(15-24)34-40(3,37)38/h4-9,11,13-15,17-18,29H,10,12,16H2,1-3H3,(H,30,34)(H2,31,32,36). The molecular weight excluding hydrogens is 530 g/mol. The van der Waals surface area contributed by atoms with E-state index in [4.69, 9.17) is 9.84 Å². The van der Waals surface area contributed by atoms with Crippen molar-refractivity contribution in [1.82, 2.24) is 20.1 Å². The predicted octanol–water partition coefficient (Wildman–Crippen LogP) is 4.98. The molecule has 0 atom stereocenters. The minimum absolute atomic E-state index is 0.130. The Bertz CT molecular complexity index is 1630. The van der Waals surface area contributed by atoms with Gasteiger partial charge in [0.15, 0.2) is 0 Å². The maximum Gasteiger partial charge on any atom is 0.323 e. The summed E-state index contributed by atoms with van der Waals surface area (Å²) in [6.07, 6.45) is 5.30. The van der Waals surface area contributed by atoms with E-state index in [-0.39, 0.29) is 11.9 Å². The summed E-state index contributed by atoms with van der Waals surface area (Å²) in [6.45, 7) is 5.88. The second-order valence-electron chi connectivity index (χ2n) is 9.83. The highest BCUT2D eigenvalue weighted by Gasteiger charge is 2.18. The van der Waals surface area contributed by atoms with Crippen molar-refractivity contribution in [3.63, 3.8) is 0 Å². The lowest BCUT2D eigenvalue weighted by molar-refractivity contribution is 0.262. The molecule has 2 aromatic carbocycles. The normalized spacial score (nSPS) is 13.0. The highest BCUT2D eigenvalue weighted by atomic mass is 32.2. The zero-order valence-corrected chi connectivity index (χ0v) is 23.2. The van der Waals surface area contributed by atoms with Crippen molar-refractivity contribution < 1.29 is 17.9 Å². The van der Waals surface area contributed by atoms with Crippen molar-refractivity contribution in [3.05, 3.63) is 78.1 Å². The van der Waals surface area contributed by atoms with Gasteiger partial charge in [-0.25, -0.2) is 18.2 Å². The first-order valence-electron chi connectivity index (χ1n) is 12.8. The molecule has 0 unspecified atom stereocenters. The van der Waals surface area contributed by atoms with Crippen LogP contribution in [0.3, 0.4) is 0 Å². The number of hydrogen-bond acceptors (Lipinski definition) is 7. The first-order chi connectivity index (χ1) is 19.1. The van der Waals surface area contributed by atoms with Crippen molar-refractivity contribution in [2.24, 2.45) is 0 Å². The van der Waals surface area contributed by atoms with Crippen LogP contribution in [0.2, 0.25) is 0 Å². The van der Waals surface area contributed by atoms with Crippen molar-refractivity contribution >= 4 is 33.2 Å². The van der Waals surface area contributed by atoms with E-state index >= 15 is 0 Å². The molecule has 2 aromatic heterocycles. The van der Waals surface area contributed by atoms with E-state index in [1.807, 2.05) is 30.8 Å². The number of ether oxygens (including phenoxy) is 1. The van der Waals surface area contributed by atoms with E-state index < -0.39 is 16.1 Å². The fourth-order valence-electron chi connectivity index (χ4n) is 4.33. The molecule has 1 aliphatic heterocycles. The number of amides is 2. The number of nitrogens with one attached hydrogen (secondary N) is 4. The summed E-state index contributed by atoms with van der Waals surface area (Å²) in [4.78, 5) is 16.9. The average Bonchev–Trinajstić information content (AvgIpc) is 3.33. The van der Waals surface area contributed by atoms with Gasteiger partial charge in [0.05, 0.1) is 11.9 Å². The van der Waals surface area contributed by atoms with Gasteiger partial charge >= 0.3 is 6.03 Å². The molecule has 2 amide bonds. The number of sulfonamides is 1. The van der Waals surface area contributed by atoms with Gasteiger partial charge in [0.25, 0.3) is 0 Å². The number of pyridine rings is 1. The quantitative estimate of drug-likeness (QED) is 0.238. The summed E-state index contributed by atoms with van der Waals surface area (Å²) < 4.78 is 32.8. The molecular formula is C28H31N7O4S. The van der Waals surface area contributed by atoms with Gasteiger partial charge in [0.1, 0.15) is 23.0 Å². The van der Waals surface area contributed by atoms with E-state index in [1.165, 1.54) is 23.4 Å². The Morgan fingerprint density at radius 1 is 1.02 bits per heavy atom. The van der Waals surface area contributed by atoms with Gasteiger partial charge in [-0.3, -0.25) is 9.40 Å². The first-order valence-corrected chi connectivity index (χ1v) is 14.7. The predicted molar refractivity (Wildman–Crippen MR) is 155 cm³/mol. The second-order valence-corrected chi connectivity index (χ2v) is 11.6. The number of carbonyl (C=O) groups excluding carboxylic acids is 1. The number of carbonyl (C=O) groups is 1. The van der Waals surface area contributed by atoms with Crippen molar-refractivity contribution in [2.45, 2.75) is 32.9 Å². The molecule has 0 radical (unpaired) electrons. The van der Waals surface area contributed by atoms with E-state index in [1.54, 1.807) is 30.3 Å². The molecule has 208 valence electrons. The molecule has 4 aromatic rings. The Morgan fingerprint density at radius 3 is 2.58 bits per heavy atom. The van der Waals surface area contributed by atoms with E-state index in [2.05, 4.69) is 37.8 Å². The average molecular weight is 562 g/mol. The van der Waals surface area contributed by atoms with Crippen LogP contribution >= 0.6 is 0 Å². The lowest BCUT2D eigenvalue weighted by atomic mass is 9.97. The topological polar surface area (TPSA) is 139 Å². The first kappa shape index (κ1) is 27.2. The molecule has 4 N–H and O–H groups in total. The van der Waals surface area contributed by atoms with Crippen molar-refractivity contribution in [3.8, 4) is 22.8 Å². The van der Waals surface area contributed by atoms with E-state index in [9.17, 15) is 13.2 Å². The van der Waals surface area contributed by atoms with Crippen LogP contribution in [0.5, 0.6) is 11.5 Å². The zero-order chi connectivity index (χ0) is 28.3. The number of hydrogen-bond donors (Lipinski definition) is 4. The summed E-state index contributed by atoms with van der Waals surface area (Å²) in [5, 5.41) is 14.0. The minimum Gasteiger partial charge on any atom is -0.457 e. The largest absolute Gasteiger partial charge is 0.457 e. The monoisotopic (exact) mass is 561 g/mol. The van der Waals surface area contributed by atoms with Gasteiger partial charge in [-0.15, -0.1) is 0 Å². The third-order valence-corrected chi connectivity index (χ3v) is 6.82. The van der Waals surface area contributed by atoms with Crippen molar-refractivity contribution in [1.29, 1.82) is 0 Å². The molecule has 12 heteroatoms. The Morgan fingerprint density at radius 2 is 1.82 bits per heavy atom. The molecule has 1 aliphatic rings. The van der Waals surface area contributed by atoms with E-state index in [0.717, 1.165) is 37.0 Å². The summed E-state index contributed by atoms with van der Waals surface area (Å²) in [5.41, 5.74) is 5.45. The summed E-state index contributed by atoms with van der Waals surface area (Å²) in [5.74, 6) is 1.07. The number of urea groups is 1. The van der Waals surface area contributed by atoms with Gasteiger partial charge in [-0.2, -0.15) is 5.10 Å². The van der Waals surface area contributed by atoms with E-state index in [0.29, 0.717) is 22.9 Å². The SMILES string of the molecule is CC(C)n1cc(NC(=O)Nc2ccc(Oc3ccnc(NS(C)(=O)=O)c3)cc2)c(-c2ccc3c(c2)CCNC3)n1. The van der Waals surface area contributed by atoms with Crippen LogP contribution in [0, 0.1) is 0 Å². The Labute approximate surface area is 233 Å². The van der Waals surface area contributed by atoms with Gasteiger partial charge in [0, 0.05) is 42.3 Å². The van der Waals surface area contributed by atoms with Crippen LogP contribution in [-0.4, -0.2) is 42.0 Å². The summed E-state index contributed by atoms with van der Waals surface area (Å²) in [6, 6.07) is 16.0. The summed E-state index contributed by atoms with van der Waals surface area (Å²) in [7, 11) is -3.45. The maximum atomic E-state index is 12.9. The molecule has 0 bridgehead atoms. The van der Waals surface area contributed by atoms with Crippen molar-refractivity contribution in [2.75, 3.05) is 28.2 Å². The molecule has 0 spiro atoms. The number of aromatic nitrogens is 3. The van der Waals surface area contributed by atoms with Crippen LogP contribution in [-0.2, 0) is 23.0 Å². The Balaban J connectivity index is 1.27. The molecule has 40 heavy (non-hydrogen) atoms. The van der Waals surface area contributed by atoms with Crippen LogP contribution < -0.4 is 25.4 Å². The van der Waals surface area contributed by atoms with Crippen LogP contribution in [0.25, 0.3) is 11.3 Å². The molecule has 0 fully saturated rings. The lowest BCUT2D eigenvalue weighted by Gasteiger charge is -2.17. The zero-order valence-electron chi connectivity index (χ0n) is 22.4. The molecule has 5 rings (SSSR count). The van der Waals surface area contributed by atoms with Gasteiger partial charge in [0.2, 0.25) is 10.0 Å². The second kappa shape index (κ2) is 11.4. The number of fused-ring (bicyclic) bond motifs is 1. The van der Waals surface area contributed by atoms with Crippen LogP contribution in [0.15, 0.2) is 67.0 Å². The van der Waals surface area contributed by atoms with Gasteiger partial charge in [-0.05, 0) is 74.3 Å². The fraction of sp³-hybridized carbons (Fsp3) is 0.250. The molecule has 0 aliphatic carbocycles. The Hall–Kier alpha value is -4.42. The van der Waals surface area contributed by atoms with Gasteiger partial charge in [-0.1, -0.05) is 12.1 Å². The number of rotatable bonds is 8. The lowest BCUT2D eigenvalue weighted by Crippen LogP contribution is -2.23. The number of anilines is 3. The molecule has 3 heterocycles. The third-order valence-electron chi connectivity index (χ3n) is 6.24. The highest BCUT2D eigenvalue weighted by molar-refractivity contribution is 7.92. The van der Waals surface area contributed by atoms with Crippen LogP contribution in [0.4, 0.5) is 22.0 Å². The number of benzene rings is 2. The highest BCUT2D eigenvalue weighted by Crippen LogP contribution is 2.31. The number of nitrogens with zero attached hydrogens (tertiary/aromatic N) is 3. The van der Waals surface area contributed by atoms with Gasteiger partial charge < -0.3 is 20.7 Å². The molecule has 11 nitrogen and oxygen atoms in total. The fourth-order valence-corrected chi connectivity index (χ4v) is 4.82. The molecule has 0 saturated carbocycles. The maximum absolute atomic E-state index is 12.9.